The summed E-state index contributed by atoms with van der Waals surface area (Å²) < 4.78 is 13.4. The number of ketones is 1. The fraction of sp³-hybridized carbons (Fsp3) is 0.364. The van der Waals surface area contributed by atoms with Crippen LogP contribution in [0.4, 0.5) is 4.39 Å². The van der Waals surface area contributed by atoms with Crippen molar-refractivity contribution >= 4 is 5.78 Å². The third-order valence-corrected chi connectivity index (χ3v) is 2.54. The minimum Gasteiger partial charge on any atom is -0.392 e. The smallest absolute Gasteiger partial charge is 0.166 e. The molecule has 0 unspecified atom stereocenters. The number of rotatable bonds is 1. The van der Waals surface area contributed by atoms with E-state index in [1.807, 2.05) is 0 Å². The lowest BCUT2D eigenvalue weighted by Gasteiger charge is -2.16. The maximum Gasteiger partial charge on any atom is 0.166 e. The largest absolute Gasteiger partial charge is 0.392 e. The van der Waals surface area contributed by atoms with E-state index >= 15 is 0 Å². The van der Waals surface area contributed by atoms with Crippen molar-refractivity contribution in [1.29, 1.82) is 0 Å². The zero-order valence-corrected chi connectivity index (χ0v) is 7.72. The van der Waals surface area contributed by atoms with Gasteiger partial charge in [0.15, 0.2) is 5.78 Å². The van der Waals surface area contributed by atoms with Crippen LogP contribution in [0.5, 0.6) is 0 Å². The molecular formula is C11H11FO2. The number of fused-ring (bicyclic) bond motifs is 1. The van der Waals surface area contributed by atoms with Crippen LogP contribution in [0.3, 0.4) is 0 Å². The number of Topliss-reactive ketones (excluding diaryl/α,β-unsaturated/α-hetero) is 1. The van der Waals surface area contributed by atoms with Crippen LogP contribution in [-0.4, -0.2) is 10.9 Å². The second-order valence-corrected chi connectivity index (χ2v) is 3.55. The quantitative estimate of drug-likeness (QED) is 0.740. The summed E-state index contributed by atoms with van der Waals surface area (Å²) in [6, 6.07) is 2.96. The van der Waals surface area contributed by atoms with Crippen LogP contribution < -0.4 is 0 Å². The molecule has 0 radical (unpaired) electrons. The maximum atomic E-state index is 13.4. The van der Waals surface area contributed by atoms with Crippen LogP contribution >= 0.6 is 0 Å². The van der Waals surface area contributed by atoms with Gasteiger partial charge >= 0.3 is 0 Å². The summed E-state index contributed by atoms with van der Waals surface area (Å²) in [6.07, 6.45) is 1.94. The third kappa shape index (κ3) is 1.44. The van der Waals surface area contributed by atoms with Gasteiger partial charge in [0.25, 0.3) is 0 Å². The summed E-state index contributed by atoms with van der Waals surface area (Å²) in [4.78, 5) is 11.4. The highest BCUT2D eigenvalue weighted by atomic mass is 19.1. The molecule has 3 heteroatoms. The van der Waals surface area contributed by atoms with Crippen molar-refractivity contribution in [2.24, 2.45) is 0 Å². The summed E-state index contributed by atoms with van der Waals surface area (Å²) in [7, 11) is 0. The second-order valence-electron chi connectivity index (χ2n) is 3.55. The zero-order valence-electron chi connectivity index (χ0n) is 7.72. The first-order chi connectivity index (χ1) is 6.72. The Morgan fingerprint density at radius 3 is 2.86 bits per heavy atom. The molecule has 0 saturated carbocycles. The summed E-state index contributed by atoms with van der Waals surface area (Å²) in [5.74, 6) is -0.607. The Morgan fingerprint density at radius 2 is 2.14 bits per heavy atom. The van der Waals surface area contributed by atoms with Gasteiger partial charge in [-0.05, 0) is 30.0 Å². The summed E-state index contributed by atoms with van der Waals surface area (Å²) in [5.41, 5.74) is 1.51. The van der Waals surface area contributed by atoms with Crippen molar-refractivity contribution in [2.75, 3.05) is 0 Å². The maximum absolute atomic E-state index is 13.4. The highest BCUT2D eigenvalue weighted by Gasteiger charge is 2.21. The van der Waals surface area contributed by atoms with E-state index in [0.29, 0.717) is 12.0 Å². The Balaban J connectivity index is 2.56. The number of carbonyl (C=O) groups is 1. The molecule has 0 atom stereocenters. The molecule has 1 aliphatic carbocycles. The number of hydrogen-bond donors (Lipinski definition) is 1. The van der Waals surface area contributed by atoms with Crippen molar-refractivity contribution < 1.29 is 14.3 Å². The number of aliphatic hydroxyl groups excluding tert-OH is 1. The minimum atomic E-state index is -0.490. The Kier molecular flexibility index (Phi) is 2.33. The van der Waals surface area contributed by atoms with E-state index in [-0.39, 0.29) is 18.0 Å². The van der Waals surface area contributed by atoms with Gasteiger partial charge in [-0.3, -0.25) is 4.79 Å². The van der Waals surface area contributed by atoms with Crippen molar-refractivity contribution in [3.63, 3.8) is 0 Å². The standard InChI is InChI=1S/C11H11FO2/c12-9-5-7(6-13)4-8-2-1-3-10(14)11(8)9/h4-5,13H,1-3,6H2. The average Bonchev–Trinajstić information content (AvgIpc) is 2.17. The number of aliphatic hydroxyl groups is 1. The molecule has 1 aromatic carbocycles. The number of carbonyl (C=O) groups excluding carboxylic acids is 1. The Morgan fingerprint density at radius 1 is 1.36 bits per heavy atom. The first-order valence-corrected chi connectivity index (χ1v) is 4.67. The van der Waals surface area contributed by atoms with Gasteiger partial charge in [0.1, 0.15) is 5.82 Å². The van der Waals surface area contributed by atoms with Gasteiger partial charge in [0, 0.05) is 6.42 Å². The zero-order chi connectivity index (χ0) is 10.1. The molecule has 0 spiro atoms. The van der Waals surface area contributed by atoms with Crippen molar-refractivity contribution in [2.45, 2.75) is 25.9 Å². The van der Waals surface area contributed by atoms with E-state index in [0.717, 1.165) is 18.4 Å². The predicted octanol–water partition coefficient (Wildman–Crippen LogP) is 1.84. The second kappa shape index (κ2) is 3.50. The van der Waals surface area contributed by atoms with Gasteiger partial charge in [-0.15, -0.1) is 0 Å². The van der Waals surface area contributed by atoms with Gasteiger partial charge in [-0.1, -0.05) is 6.07 Å². The fourth-order valence-electron chi connectivity index (χ4n) is 1.89. The molecule has 2 rings (SSSR count). The van der Waals surface area contributed by atoms with Crippen LogP contribution in [0, 0.1) is 5.82 Å². The van der Waals surface area contributed by atoms with E-state index in [1.165, 1.54) is 6.07 Å². The first kappa shape index (κ1) is 9.34. The summed E-state index contributed by atoms with van der Waals surface area (Å²) in [6.45, 7) is -0.182. The van der Waals surface area contributed by atoms with Gasteiger partial charge in [-0.25, -0.2) is 4.39 Å². The predicted molar refractivity (Wildman–Crippen MR) is 49.6 cm³/mol. The molecule has 2 nitrogen and oxygen atoms in total. The van der Waals surface area contributed by atoms with Crippen LogP contribution in [0.25, 0.3) is 0 Å². The van der Waals surface area contributed by atoms with E-state index in [2.05, 4.69) is 0 Å². The summed E-state index contributed by atoms with van der Waals surface area (Å²) in [5, 5.41) is 8.88. The molecule has 1 aromatic rings. The molecule has 0 bridgehead atoms. The van der Waals surface area contributed by atoms with E-state index in [4.69, 9.17) is 5.11 Å². The highest BCUT2D eigenvalue weighted by Crippen LogP contribution is 2.25. The number of hydrogen-bond acceptors (Lipinski definition) is 2. The number of halogens is 1. The lowest BCUT2D eigenvalue weighted by molar-refractivity contribution is 0.0968. The molecule has 1 aliphatic rings. The van der Waals surface area contributed by atoms with Gasteiger partial charge in [-0.2, -0.15) is 0 Å². The number of benzene rings is 1. The van der Waals surface area contributed by atoms with E-state index in [9.17, 15) is 9.18 Å². The Labute approximate surface area is 81.4 Å². The monoisotopic (exact) mass is 194 g/mol. The number of aryl methyl sites for hydroxylation is 1. The molecule has 14 heavy (non-hydrogen) atoms. The minimum absolute atomic E-state index is 0.117. The molecule has 74 valence electrons. The van der Waals surface area contributed by atoms with Gasteiger partial charge in [0.2, 0.25) is 0 Å². The van der Waals surface area contributed by atoms with Crippen molar-refractivity contribution in [3.05, 3.63) is 34.6 Å². The third-order valence-electron chi connectivity index (χ3n) is 2.54. The first-order valence-electron chi connectivity index (χ1n) is 4.67. The van der Waals surface area contributed by atoms with Crippen LogP contribution in [0.1, 0.15) is 34.3 Å². The lowest BCUT2D eigenvalue weighted by Crippen LogP contribution is -2.13. The van der Waals surface area contributed by atoms with E-state index < -0.39 is 5.82 Å². The molecule has 0 saturated heterocycles. The fourth-order valence-corrected chi connectivity index (χ4v) is 1.89. The SMILES string of the molecule is O=C1CCCc2cc(CO)cc(F)c21. The lowest BCUT2D eigenvalue weighted by atomic mass is 9.89. The normalized spacial score (nSPS) is 15.4. The molecule has 0 amide bonds. The van der Waals surface area contributed by atoms with Gasteiger partial charge < -0.3 is 5.11 Å². The van der Waals surface area contributed by atoms with Crippen molar-refractivity contribution in [3.8, 4) is 0 Å². The molecule has 0 fully saturated rings. The Bertz CT molecular complexity index is 385. The van der Waals surface area contributed by atoms with Crippen LogP contribution in [-0.2, 0) is 13.0 Å². The van der Waals surface area contributed by atoms with E-state index in [1.54, 1.807) is 6.07 Å². The molecule has 1 N–H and O–H groups in total. The van der Waals surface area contributed by atoms with Crippen molar-refractivity contribution in [1.82, 2.24) is 0 Å². The topological polar surface area (TPSA) is 37.3 Å². The van der Waals surface area contributed by atoms with Crippen LogP contribution in [0.15, 0.2) is 12.1 Å². The highest BCUT2D eigenvalue weighted by molar-refractivity contribution is 5.98. The van der Waals surface area contributed by atoms with Crippen LogP contribution in [0.2, 0.25) is 0 Å². The molecule has 0 aliphatic heterocycles. The summed E-state index contributed by atoms with van der Waals surface area (Å²) >= 11 is 0. The van der Waals surface area contributed by atoms with Gasteiger partial charge in [0.05, 0.1) is 12.2 Å². The molecular weight excluding hydrogens is 183 g/mol. The average molecular weight is 194 g/mol. The molecule has 0 aromatic heterocycles. The Hall–Kier alpha value is -1.22. The molecule has 0 heterocycles.